The summed E-state index contributed by atoms with van der Waals surface area (Å²) in [5.41, 5.74) is 11.2. The number of hydrogen-bond donors (Lipinski definition) is 3. The van der Waals surface area contributed by atoms with E-state index in [0.29, 0.717) is 44.9 Å². The number of nitrogens with zero attached hydrogens (tertiary/aromatic N) is 5. The van der Waals surface area contributed by atoms with Crippen molar-refractivity contribution in [1.29, 1.82) is 0 Å². The van der Waals surface area contributed by atoms with Crippen LogP contribution in [0.2, 0.25) is 0 Å². The lowest BCUT2D eigenvalue weighted by Gasteiger charge is -2.15. The van der Waals surface area contributed by atoms with Gasteiger partial charge in [0.05, 0.1) is 34.4 Å². The number of phenolic OH excluding ortho intramolecular Hbond substituents is 1. The number of nitrogen functional groups attached to an aromatic ring is 1. The van der Waals surface area contributed by atoms with Gasteiger partial charge in [0, 0.05) is 18.8 Å². The number of aromatic hydroxyl groups is 1. The van der Waals surface area contributed by atoms with Crippen molar-refractivity contribution < 1.29 is 9.90 Å². The number of carbonyl (C=O) groups excluding carboxylic acids is 1. The van der Waals surface area contributed by atoms with E-state index >= 15 is 0 Å². The summed E-state index contributed by atoms with van der Waals surface area (Å²) < 4.78 is 3.51. The number of nitrogens with one attached hydrogen (secondary N) is 1. The Morgan fingerprint density at radius 3 is 2.70 bits per heavy atom. The molecule has 0 saturated carbocycles. The van der Waals surface area contributed by atoms with Gasteiger partial charge in [-0.05, 0) is 31.6 Å². The number of benzene rings is 1. The highest BCUT2D eigenvalue weighted by atomic mass is 16.3. The summed E-state index contributed by atoms with van der Waals surface area (Å²) in [6, 6.07) is 3.44. The summed E-state index contributed by atoms with van der Waals surface area (Å²) in [4.78, 5) is 26.3. The van der Waals surface area contributed by atoms with Gasteiger partial charge < -0.3 is 20.7 Å². The van der Waals surface area contributed by atoms with E-state index in [-0.39, 0.29) is 17.5 Å². The zero-order valence-electron chi connectivity index (χ0n) is 16.6. The van der Waals surface area contributed by atoms with E-state index in [1.165, 1.54) is 6.33 Å². The molecule has 4 N–H and O–H groups in total. The van der Waals surface area contributed by atoms with Crippen molar-refractivity contribution in [3.05, 3.63) is 59.1 Å². The number of aryl methyl sites for hydroxylation is 2. The lowest BCUT2D eigenvalue weighted by molar-refractivity contribution is 0.0976. The third-order valence-corrected chi connectivity index (χ3v) is 5.38. The van der Waals surface area contributed by atoms with E-state index in [1.807, 2.05) is 20.2 Å². The molecule has 3 aromatic heterocycles. The van der Waals surface area contributed by atoms with Crippen molar-refractivity contribution in [1.82, 2.24) is 29.4 Å². The molecule has 0 atom stereocenters. The largest absolute Gasteiger partial charge is 0.508 e. The molecule has 9 heteroatoms. The van der Waals surface area contributed by atoms with Gasteiger partial charge in [-0.25, -0.2) is 15.0 Å². The number of nitrogens with two attached hydrogens (primary N) is 1. The summed E-state index contributed by atoms with van der Waals surface area (Å²) in [6.45, 7) is 3.72. The van der Waals surface area contributed by atoms with Crippen LogP contribution in [0, 0.1) is 13.8 Å². The maximum atomic E-state index is 13.2. The van der Waals surface area contributed by atoms with Crippen LogP contribution in [0.15, 0.2) is 31.0 Å². The molecular weight excluding hydrogens is 382 g/mol. The third kappa shape index (κ3) is 2.41. The van der Waals surface area contributed by atoms with Crippen molar-refractivity contribution in [2.45, 2.75) is 13.8 Å². The van der Waals surface area contributed by atoms with Gasteiger partial charge in [-0.2, -0.15) is 0 Å². The summed E-state index contributed by atoms with van der Waals surface area (Å²) >= 11 is 0. The van der Waals surface area contributed by atoms with Gasteiger partial charge in [0.1, 0.15) is 23.6 Å². The minimum atomic E-state index is -0.364. The van der Waals surface area contributed by atoms with Crippen LogP contribution in [-0.4, -0.2) is 35.1 Å². The Morgan fingerprint density at radius 1 is 1.17 bits per heavy atom. The average molecular weight is 401 g/mol. The fourth-order valence-corrected chi connectivity index (χ4v) is 3.93. The maximum absolute atomic E-state index is 13.2. The number of rotatable bonds is 2. The maximum Gasteiger partial charge on any atom is 0.260 e. The number of carbonyl (C=O) groups is 1. The topological polar surface area (TPSA) is 124 Å². The summed E-state index contributed by atoms with van der Waals surface area (Å²) in [5.74, 6) is 0.00967. The van der Waals surface area contributed by atoms with E-state index < -0.39 is 0 Å². The standard InChI is InChI=1S/C21H19N7O2/c1-10-4-5-15(29)11(2)18(10)28-19(22)17-16-13(23-8-24-20(16)28)6-12(26-21(17)30)14-7-27(3)9-25-14/h4-9,29H,22H2,1-3H3,(H,26,30). The van der Waals surface area contributed by atoms with Crippen molar-refractivity contribution >= 4 is 34.5 Å². The fraction of sp³-hybridized carbons (Fsp3) is 0.143. The molecule has 30 heavy (non-hydrogen) atoms. The van der Waals surface area contributed by atoms with Gasteiger partial charge in [-0.3, -0.25) is 9.36 Å². The second-order valence-electron chi connectivity index (χ2n) is 7.36. The molecule has 1 aliphatic rings. The van der Waals surface area contributed by atoms with Crippen molar-refractivity contribution in [2.24, 2.45) is 7.05 Å². The SMILES string of the molecule is Cc1ccc(O)c(C)c1-n1c(N)c2c3c(ncnc31)C=C(c1cn(C)cn1)NC2=O. The first-order valence-electron chi connectivity index (χ1n) is 9.32. The lowest BCUT2D eigenvalue weighted by atomic mass is 10.1. The van der Waals surface area contributed by atoms with Crippen LogP contribution < -0.4 is 11.1 Å². The number of amides is 1. The molecule has 0 unspecified atom stereocenters. The molecule has 0 saturated heterocycles. The molecule has 4 heterocycles. The minimum absolute atomic E-state index is 0.140. The highest BCUT2D eigenvalue weighted by Gasteiger charge is 2.29. The van der Waals surface area contributed by atoms with Crippen LogP contribution in [-0.2, 0) is 7.05 Å². The van der Waals surface area contributed by atoms with Crippen molar-refractivity contribution in [3.8, 4) is 11.4 Å². The van der Waals surface area contributed by atoms with Crippen LogP contribution in [0.5, 0.6) is 5.75 Å². The molecule has 1 amide bonds. The number of anilines is 1. The smallest absolute Gasteiger partial charge is 0.260 e. The summed E-state index contributed by atoms with van der Waals surface area (Å²) in [6.07, 6.45) is 6.68. The van der Waals surface area contributed by atoms with Gasteiger partial charge in [-0.1, -0.05) is 6.07 Å². The zero-order valence-corrected chi connectivity index (χ0v) is 16.6. The Bertz CT molecular complexity index is 1390. The van der Waals surface area contributed by atoms with Gasteiger partial charge >= 0.3 is 0 Å². The zero-order chi connectivity index (χ0) is 21.2. The molecule has 1 aliphatic heterocycles. The predicted molar refractivity (Wildman–Crippen MR) is 113 cm³/mol. The monoisotopic (exact) mass is 401 g/mol. The second-order valence-corrected chi connectivity index (χ2v) is 7.36. The Hall–Kier alpha value is -4.14. The van der Waals surface area contributed by atoms with E-state index in [9.17, 15) is 9.90 Å². The molecule has 1 aromatic carbocycles. The number of imidazole rings is 1. The van der Waals surface area contributed by atoms with Crippen LogP contribution in [0.25, 0.3) is 28.5 Å². The molecule has 0 fully saturated rings. The summed E-state index contributed by atoms with van der Waals surface area (Å²) in [5, 5.41) is 13.7. The van der Waals surface area contributed by atoms with Gasteiger partial charge in [0.15, 0.2) is 5.65 Å². The Labute approximate surface area is 171 Å². The Morgan fingerprint density at radius 2 is 1.97 bits per heavy atom. The first kappa shape index (κ1) is 17.9. The van der Waals surface area contributed by atoms with Crippen molar-refractivity contribution in [3.63, 3.8) is 0 Å². The number of hydrogen-bond acceptors (Lipinski definition) is 6. The summed E-state index contributed by atoms with van der Waals surface area (Å²) in [7, 11) is 1.86. The average Bonchev–Trinajstić information content (AvgIpc) is 3.22. The molecule has 0 radical (unpaired) electrons. The molecule has 0 bridgehead atoms. The lowest BCUT2D eigenvalue weighted by Crippen LogP contribution is -2.22. The molecule has 4 aromatic rings. The van der Waals surface area contributed by atoms with Crippen LogP contribution in [0.4, 0.5) is 5.82 Å². The highest BCUT2D eigenvalue weighted by molar-refractivity contribution is 6.18. The quantitative estimate of drug-likeness (QED) is 0.473. The first-order chi connectivity index (χ1) is 14.4. The van der Waals surface area contributed by atoms with Crippen LogP contribution in [0.1, 0.15) is 32.9 Å². The van der Waals surface area contributed by atoms with E-state index in [4.69, 9.17) is 5.73 Å². The first-order valence-corrected chi connectivity index (χ1v) is 9.32. The molecule has 150 valence electrons. The second kappa shape index (κ2) is 6.18. The van der Waals surface area contributed by atoms with Gasteiger partial charge in [0.2, 0.25) is 0 Å². The van der Waals surface area contributed by atoms with Gasteiger partial charge in [-0.15, -0.1) is 0 Å². The fourth-order valence-electron chi connectivity index (χ4n) is 3.93. The van der Waals surface area contributed by atoms with E-state index in [2.05, 4.69) is 20.3 Å². The minimum Gasteiger partial charge on any atom is -0.508 e. The Balaban J connectivity index is 1.85. The van der Waals surface area contributed by atoms with E-state index in [1.54, 1.807) is 40.6 Å². The van der Waals surface area contributed by atoms with Crippen LogP contribution >= 0.6 is 0 Å². The molecule has 9 nitrogen and oxygen atoms in total. The third-order valence-electron chi connectivity index (χ3n) is 5.38. The van der Waals surface area contributed by atoms with Crippen molar-refractivity contribution in [2.75, 3.05) is 5.73 Å². The highest BCUT2D eigenvalue weighted by Crippen LogP contribution is 2.38. The molecule has 0 aliphatic carbocycles. The van der Waals surface area contributed by atoms with Crippen LogP contribution in [0.3, 0.4) is 0 Å². The molecular formula is C21H19N7O2. The number of phenols is 1. The normalized spacial score (nSPS) is 13.3. The Kier molecular flexibility index (Phi) is 3.69. The predicted octanol–water partition coefficient (Wildman–Crippen LogP) is 2.30. The molecule has 5 rings (SSSR count). The number of aromatic nitrogens is 5. The molecule has 0 spiro atoms. The van der Waals surface area contributed by atoms with E-state index in [0.717, 1.165) is 5.56 Å². The van der Waals surface area contributed by atoms with Gasteiger partial charge in [0.25, 0.3) is 5.91 Å².